The maximum absolute atomic E-state index is 3.56. The van der Waals surface area contributed by atoms with Crippen molar-refractivity contribution in [3.8, 4) is 0 Å². The van der Waals surface area contributed by atoms with E-state index >= 15 is 0 Å². The molecule has 1 aliphatic rings. The third kappa shape index (κ3) is 2.46. The Kier molecular flexibility index (Phi) is 3.34. The van der Waals surface area contributed by atoms with Crippen LogP contribution < -0.4 is 5.32 Å². The van der Waals surface area contributed by atoms with Gasteiger partial charge in [-0.15, -0.1) is 0 Å². The van der Waals surface area contributed by atoms with Crippen LogP contribution in [0.25, 0.3) is 0 Å². The van der Waals surface area contributed by atoms with Crippen LogP contribution in [-0.2, 0) is 0 Å². The van der Waals surface area contributed by atoms with E-state index in [1.807, 2.05) is 0 Å². The lowest BCUT2D eigenvalue weighted by Gasteiger charge is -2.32. The van der Waals surface area contributed by atoms with Crippen LogP contribution in [0.15, 0.2) is 0 Å². The van der Waals surface area contributed by atoms with Crippen molar-refractivity contribution < 1.29 is 0 Å². The summed E-state index contributed by atoms with van der Waals surface area (Å²) in [4.78, 5) is 2.29. The lowest BCUT2D eigenvalue weighted by Crippen LogP contribution is -2.47. The van der Waals surface area contributed by atoms with Crippen LogP contribution in [0.3, 0.4) is 0 Å². The average Bonchev–Trinajstić information content (AvgIpc) is 2.05. The molecule has 0 saturated carbocycles. The Morgan fingerprint density at radius 3 is 2.55 bits per heavy atom. The summed E-state index contributed by atoms with van der Waals surface area (Å²) >= 11 is 0. The molecule has 66 valence electrons. The van der Waals surface area contributed by atoms with Gasteiger partial charge in [-0.05, 0) is 40.4 Å². The first-order valence-electron chi connectivity index (χ1n) is 4.61. The molecule has 11 heavy (non-hydrogen) atoms. The van der Waals surface area contributed by atoms with E-state index in [9.17, 15) is 0 Å². The first-order chi connectivity index (χ1) is 5.22. The molecule has 0 aromatic carbocycles. The quantitative estimate of drug-likeness (QED) is 0.643. The fourth-order valence-electron chi connectivity index (χ4n) is 1.65. The zero-order chi connectivity index (χ0) is 8.27. The van der Waals surface area contributed by atoms with Crippen molar-refractivity contribution in [2.75, 3.05) is 20.6 Å². The number of piperidine rings is 1. The molecule has 1 rings (SSSR count). The van der Waals surface area contributed by atoms with E-state index < -0.39 is 0 Å². The minimum atomic E-state index is 0.676. The molecule has 0 amide bonds. The van der Waals surface area contributed by atoms with Gasteiger partial charge in [0, 0.05) is 12.1 Å². The van der Waals surface area contributed by atoms with Crippen LogP contribution in [0.5, 0.6) is 0 Å². The van der Waals surface area contributed by atoms with Gasteiger partial charge in [0.1, 0.15) is 0 Å². The summed E-state index contributed by atoms with van der Waals surface area (Å²) in [6.07, 6.45) is 4.10. The molecule has 1 aliphatic heterocycles. The summed E-state index contributed by atoms with van der Waals surface area (Å²) in [7, 11) is 4.31. The van der Waals surface area contributed by atoms with Crippen molar-refractivity contribution in [1.29, 1.82) is 0 Å². The van der Waals surface area contributed by atoms with Gasteiger partial charge >= 0.3 is 0 Å². The summed E-state index contributed by atoms with van der Waals surface area (Å²) in [6, 6.07) is 1.40. The SMILES string of the molecule is CC(C1CCCCN1)N(C)C. The van der Waals surface area contributed by atoms with E-state index in [1.54, 1.807) is 0 Å². The van der Waals surface area contributed by atoms with Gasteiger partial charge in [-0.25, -0.2) is 0 Å². The average molecular weight is 156 g/mol. The van der Waals surface area contributed by atoms with Crippen LogP contribution in [0.2, 0.25) is 0 Å². The standard InChI is InChI=1S/C9H20N2/c1-8(11(2)3)9-6-4-5-7-10-9/h8-10H,4-7H2,1-3H3. The summed E-state index contributed by atoms with van der Waals surface area (Å²) in [6.45, 7) is 3.51. The molecule has 1 N–H and O–H groups in total. The van der Waals surface area contributed by atoms with Crippen LogP contribution in [0.1, 0.15) is 26.2 Å². The Balaban J connectivity index is 2.32. The highest BCUT2D eigenvalue weighted by Crippen LogP contribution is 2.12. The van der Waals surface area contributed by atoms with E-state index in [2.05, 4.69) is 31.2 Å². The van der Waals surface area contributed by atoms with Gasteiger partial charge in [0.15, 0.2) is 0 Å². The maximum atomic E-state index is 3.56. The largest absolute Gasteiger partial charge is 0.312 e. The maximum Gasteiger partial charge on any atom is 0.0220 e. The van der Waals surface area contributed by atoms with Crippen molar-refractivity contribution in [2.45, 2.75) is 38.3 Å². The van der Waals surface area contributed by atoms with E-state index in [1.165, 1.54) is 25.8 Å². The van der Waals surface area contributed by atoms with Crippen LogP contribution >= 0.6 is 0 Å². The van der Waals surface area contributed by atoms with Crippen LogP contribution in [0.4, 0.5) is 0 Å². The Labute approximate surface area is 70.0 Å². The second-order valence-electron chi connectivity index (χ2n) is 3.76. The van der Waals surface area contributed by atoms with Gasteiger partial charge < -0.3 is 10.2 Å². The molecular formula is C9H20N2. The van der Waals surface area contributed by atoms with Gasteiger partial charge in [-0.2, -0.15) is 0 Å². The second-order valence-corrected chi connectivity index (χ2v) is 3.76. The zero-order valence-electron chi connectivity index (χ0n) is 7.93. The molecule has 2 atom stereocenters. The first-order valence-corrected chi connectivity index (χ1v) is 4.61. The minimum absolute atomic E-state index is 0.676. The highest BCUT2D eigenvalue weighted by Gasteiger charge is 2.20. The highest BCUT2D eigenvalue weighted by molar-refractivity contribution is 4.81. The van der Waals surface area contributed by atoms with Gasteiger partial charge in [0.05, 0.1) is 0 Å². The highest BCUT2D eigenvalue weighted by atomic mass is 15.1. The van der Waals surface area contributed by atoms with Crippen molar-refractivity contribution >= 4 is 0 Å². The molecule has 1 fully saturated rings. The molecule has 0 spiro atoms. The van der Waals surface area contributed by atoms with Gasteiger partial charge in [0.2, 0.25) is 0 Å². The molecule has 0 bridgehead atoms. The Morgan fingerprint density at radius 1 is 1.36 bits per heavy atom. The minimum Gasteiger partial charge on any atom is -0.312 e. The van der Waals surface area contributed by atoms with Crippen molar-refractivity contribution in [1.82, 2.24) is 10.2 Å². The molecular weight excluding hydrogens is 136 g/mol. The molecule has 0 aromatic rings. The molecule has 1 saturated heterocycles. The van der Waals surface area contributed by atoms with Gasteiger partial charge in [-0.1, -0.05) is 6.42 Å². The Hall–Kier alpha value is -0.0800. The molecule has 1 heterocycles. The summed E-state index contributed by atoms with van der Waals surface area (Å²) in [5, 5.41) is 3.56. The van der Waals surface area contributed by atoms with E-state index in [-0.39, 0.29) is 0 Å². The summed E-state index contributed by atoms with van der Waals surface area (Å²) in [5.74, 6) is 0. The number of hydrogen-bond acceptors (Lipinski definition) is 2. The van der Waals surface area contributed by atoms with Gasteiger partial charge in [-0.3, -0.25) is 0 Å². The predicted octanol–water partition coefficient (Wildman–Crippen LogP) is 1.08. The Morgan fingerprint density at radius 2 is 2.09 bits per heavy atom. The normalized spacial score (nSPS) is 28.9. The number of nitrogens with one attached hydrogen (secondary N) is 1. The molecule has 0 aliphatic carbocycles. The van der Waals surface area contributed by atoms with Crippen molar-refractivity contribution in [3.05, 3.63) is 0 Å². The number of rotatable bonds is 2. The predicted molar refractivity (Wildman–Crippen MR) is 48.8 cm³/mol. The summed E-state index contributed by atoms with van der Waals surface area (Å²) < 4.78 is 0. The molecule has 2 unspecified atom stereocenters. The number of nitrogens with zero attached hydrogens (tertiary/aromatic N) is 1. The third-order valence-electron chi connectivity index (χ3n) is 2.75. The van der Waals surface area contributed by atoms with Crippen LogP contribution in [-0.4, -0.2) is 37.6 Å². The Bertz CT molecular complexity index is 106. The zero-order valence-corrected chi connectivity index (χ0v) is 7.93. The summed E-state index contributed by atoms with van der Waals surface area (Å²) in [5.41, 5.74) is 0. The fourth-order valence-corrected chi connectivity index (χ4v) is 1.65. The number of likely N-dealkylation sites (N-methyl/N-ethyl adjacent to an activating group) is 1. The lowest BCUT2D eigenvalue weighted by atomic mass is 9.98. The number of hydrogen-bond donors (Lipinski definition) is 1. The molecule has 0 radical (unpaired) electrons. The lowest BCUT2D eigenvalue weighted by molar-refractivity contribution is 0.218. The van der Waals surface area contributed by atoms with E-state index in [0.29, 0.717) is 6.04 Å². The topological polar surface area (TPSA) is 15.3 Å². The molecule has 2 nitrogen and oxygen atoms in total. The first kappa shape index (κ1) is 9.01. The monoisotopic (exact) mass is 156 g/mol. The molecule has 2 heteroatoms. The van der Waals surface area contributed by atoms with E-state index in [0.717, 1.165) is 6.04 Å². The van der Waals surface area contributed by atoms with E-state index in [4.69, 9.17) is 0 Å². The van der Waals surface area contributed by atoms with Crippen molar-refractivity contribution in [3.63, 3.8) is 0 Å². The third-order valence-corrected chi connectivity index (χ3v) is 2.75. The van der Waals surface area contributed by atoms with Crippen molar-refractivity contribution in [2.24, 2.45) is 0 Å². The fraction of sp³-hybridized carbons (Fsp3) is 1.00. The molecule has 0 aromatic heterocycles. The van der Waals surface area contributed by atoms with Crippen LogP contribution in [0, 0.1) is 0 Å². The van der Waals surface area contributed by atoms with Gasteiger partial charge in [0.25, 0.3) is 0 Å². The second kappa shape index (κ2) is 4.07. The smallest absolute Gasteiger partial charge is 0.0220 e.